The first-order valence-corrected chi connectivity index (χ1v) is 11.3. The molecule has 2 N–H and O–H groups in total. The van der Waals surface area contributed by atoms with Crippen LogP contribution in [0.3, 0.4) is 0 Å². The van der Waals surface area contributed by atoms with Crippen LogP contribution in [0.15, 0.2) is 52.4 Å². The van der Waals surface area contributed by atoms with Gasteiger partial charge in [-0.3, -0.25) is 0 Å². The minimum Gasteiger partial charge on any atom is -0.488 e. The molecule has 1 atom stereocenters. The molecule has 0 amide bonds. The van der Waals surface area contributed by atoms with Crippen molar-refractivity contribution in [3.05, 3.63) is 59.2 Å². The molecule has 1 heterocycles. The second-order valence-corrected chi connectivity index (χ2v) is 8.98. The Morgan fingerprint density at radius 1 is 1.21 bits per heavy atom. The number of aryl methyl sites for hydroxylation is 1. The molecule has 0 bridgehead atoms. The number of nitrogens with zero attached hydrogens (tertiary/aromatic N) is 1. The predicted molar refractivity (Wildman–Crippen MR) is 127 cm³/mol. The third kappa shape index (κ3) is 6.33. The molecule has 1 aliphatic heterocycles. The van der Waals surface area contributed by atoms with E-state index >= 15 is 0 Å². The summed E-state index contributed by atoms with van der Waals surface area (Å²) < 4.78 is 29.5. The van der Waals surface area contributed by atoms with Gasteiger partial charge in [-0.05, 0) is 42.7 Å². The number of halogens is 1. The van der Waals surface area contributed by atoms with Crippen LogP contribution in [0.25, 0.3) is 0 Å². The minimum absolute atomic E-state index is 0. The standard InChI is InChI=1S/C21H27N3O3S.HI/c1-4-22-21(24-14-18-12-17-7-5-6-8-19(17)27-18)23-13-16-9-10-20(15(2)11-16)28(3,25)26;/h5-11,18H,4,12-14H2,1-3H3,(H2,22,23,24);1H. The maximum atomic E-state index is 11.7. The van der Waals surface area contributed by atoms with Crippen molar-refractivity contribution >= 4 is 39.8 Å². The van der Waals surface area contributed by atoms with Gasteiger partial charge >= 0.3 is 0 Å². The van der Waals surface area contributed by atoms with E-state index in [1.807, 2.05) is 44.2 Å². The Balaban J connectivity index is 0.00000300. The molecule has 1 aliphatic rings. The average molecular weight is 529 g/mol. The Hall–Kier alpha value is -1.81. The van der Waals surface area contributed by atoms with Crippen LogP contribution in [0.4, 0.5) is 0 Å². The van der Waals surface area contributed by atoms with Crippen LogP contribution in [0.2, 0.25) is 0 Å². The molecule has 0 radical (unpaired) electrons. The van der Waals surface area contributed by atoms with Gasteiger partial charge < -0.3 is 15.4 Å². The zero-order chi connectivity index (χ0) is 20.1. The predicted octanol–water partition coefficient (Wildman–Crippen LogP) is 3.08. The number of rotatable bonds is 6. The highest BCUT2D eigenvalue weighted by molar-refractivity contribution is 14.0. The van der Waals surface area contributed by atoms with Gasteiger partial charge in [-0.1, -0.05) is 30.3 Å². The topological polar surface area (TPSA) is 79.8 Å². The van der Waals surface area contributed by atoms with E-state index in [9.17, 15) is 8.42 Å². The average Bonchev–Trinajstić information content (AvgIpc) is 3.06. The first-order chi connectivity index (χ1) is 13.4. The Labute approximate surface area is 190 Å². The summed E-state index contributed by atoms with van der Waals surface area (Å²) in [5.74, 6) is 1.67. The molecule has 2 aromatic rings. The van der Waals surface area contributed by atoms with Crippen molar-refractivity contribution in [1.29, 1.82) is 0 Å². The van der Waals surface area contributed by atoms with Crippen LogP contribution < -0.4 is 15.4 Å². The second-order valence-electron chi connectivity index (χ2n) is 7.00. The molecule has 1 unspecified atom stereocenters. The number of aliphatic imine (C=N–C) groups is 1. The summed E-state index contributed by atoms with van der Waals surface area (Å²) in [5.41, 5.74) is 2.94. The first-order valence-electron chi connectivity index (χ1n) is 9.43. The van der Waals surface area contributed by atoms with E-state index in [0.29, 0.717) is 23.9 Å². The lowest BCUT2D eigenvalue weighted by molar-refractivity contribution is 0.235. The van der Waals surface area contributed by atoms with Crippen molar-refractivity contribution < 1.29 is 13.2 Å². The number of hydrogen-bond donors (Lipinski definition) is 2. The molecule has 0 aliphatic carbocycles. The van der Waals surface area contributed by atoms with Gasteiger partial charge in [0.15, 0.2) is 15.8 Å². The van der Waals surface area contributed by atoms with Crippen molar-refractivity contribution in [2.24, 2.45) is 4.99 Å². The fraction of sp³-hybridized carbons (Fsp3) is 0.381. The second kappa shape index (κ2) is 10.3. The van der Waals surface area contributed by atoms with E-state index < -0.39 is 9.84 Å². The molecule has 2 aromatic carbocycles. The minimum atomic E-state index is -3.21. The number of ether oxygens (including phenoxy) is 1. The summed E-state index contributed by atoms with van der Waals surface area (Å²) in [6, 6.07) is 13.4. The Morgan fingerprint density at radius 2 is 1.97 bits per heavy atom. The van der Waals surface area contributed by atoms with Crippen molar-refractivity contribution in [2.75, 3.05) is 19.3 Å². The lowest BCUT2D eigenvalue weighted by atomic mass is 10.1. The first kappa shape index (κ1) is 23.5. The van der Waals surface area contributed by atoms with Crippen molar-refractivity contribution in [1.82, 2.24) is 10.6 Å². The Bertz CT molecular complexity index is 952. The number of hydrogen-bond acceptors (Lipinski definition) is 4. The Morgan fingerprint density at radius 3 is 2.62 bits per heavy atom. The van der Waals surface area contributed by atoms with E-state index in [-0.39, 0.29) is 30.1 Å². The maximum Gasteiger partial charge on any atom is 0.191 e. The fourth-order valence-electron chi connectivity index (χ4n) is 3.32. The number of guanidine groups is 1. The van der Waals surface area contributed by atoms with Gasteiger partial charge in [-0.25, -0.2) is 13.4 Å². The molecule has 6 nitrogen and oxygen atoms in total. The van der Waals surface area contributed by atoms with E-state index in [0.717, 1.165) is 29.8 Å². The molecular weight excluding hydrogens is 501 g/mol. The summed E-state index contributed by atoms with van der Waals surface area (Å²) in [6.07, 6.45) is 2.19. The van der Waals surface area contributed by atoms with Crippen LogP contribution in [0.5, 0.6) is 5.75 Å². The largest absolute Gasteiger partial charge is 0.488 e. The molecular formula is C21H28IN3O3S. The SMILES string of the molecule is CCNC(=NCc1ccc(S(C)(=O)=O)c(C)c1)NCC1Cc2ccccc2O1.I. The van der Waals surface area contributed by atoms with E-state index in [4.69, 9.17) is 4.74 Å². The lowest BCUT2D eigenvalue weighted by Crippen LogP contribution is -2.42. The molecule has 8 heteroatoms. The van der Waals surface area contributed by atoms with Crippen molar-refractivity contribution in [3.8, 4) is 5.75 Å². The summed E-state index contributed by atoms with van der Waals surface area (Å²) >= 11 is 0. The van der Waals surface area contributed by atoms with Gasteiger partial charge in [-0.15, -0.1) is 24.0 Å². The molecule has 3 rings (SSSR count). The number of nitrogens with one attached hydrogen (secondary N) is 2. The van der Waals surface area contributed by atoms with Gasteiger partial charge in [0.2, 0.25) is 0 Å². The molecule has 0 aromatic heterocycles. The van der Waals surface area contributed by atoms with Crippen molar-refractivity contribution in [3.63, 3.8) is 0 Å². The van der Waals surface area contributed by atoms with Crippen LogP contribution in [-0.2, 0) is 22.8 Å². The van der Waals surface area contributed by atoms with Crippen LogP contribution in [0, 0.1) is 6.92 Å². The van der Waals surface area contributed by atoms with E-state index in [1.165, 1.54) is 11.8 Å². The number of para-hydroxylation sites is 1. The van der Waals surface area contributed by atoms with Crippen LogP contribution in [0.1, 0.15) is 23.6 Å². The van der Waals surface area contributed by atoms with Gasteiger partial charge in [0.05, 0.1) is 18.0 Å². The highest BCUT2D eigenvalue weighted by atomic mass is 127. The zero-order valence-corrected chi connectivity index (χ0v) is 20.1. The van der Waals surface area contributed by atoms with E-state index in [1.54, 1.807) is 6.07 Å². The van der Waals surface area contributed by atoms with Gasteiger partial charge in [0.1, 0.15) is 11.9 Å². The van der Waals surface area contributed by atoms with Gasteiger partial charge in [-0.2, -0.15) is 0 Å². The summed E-state index contributed by atoms with van der Waals surface area (Å²) in [7, 11) is -3.21. The van der Waals surface area contributed by atoms with Gasteiger partial charge in [0.25, 0.3) is 0 Å². The number of sulfone groups is 1. The smallest absolute Gasteiger partial charge is 0.191 e. The van der Waals surface area contributed by atoms with E-state index in [2.05, 4.69) is 21.7 Å². The van der Waals surface area contributed by atoms with Crippen LogP contribution >= 0.6 is 24.0 Å². The summed E-state index contributed by atoms with van der Waals surface area (Å²) in [4.78, 5) is 4.98. The quantitative estimate of drug-likeness (QED) is 0.342. The molecule has 29 heavy (non-hydrogen) atoms. The monoisotopic (exact) mass is 529 g/mol. The highest BCUT2D eigenvalue weighted by Gasteiger charge is 2.22. The Kier molecular flexibility index (Phi) is 8.33. The molecule has 0 saturated heterocycles. The van der Waals surface area contributed by atoms with Crippen molar-refractivity contribution in [2.45, 2.75) is 37.8 Å². The van der Waals surface area contributed by atoms with Gasteiger partial charge in [0, 0.05) is 19.2 Å². The number of fused-ring (bicyclic) bond motifs is 1. The number of benzene rings is 2. The third-order valence-electron chi connectivity index (χ3n) is 4.61. The molecule has 0 spiro atoms. The summed E-state index contributed by atoms with van der Waals surface area (Å²) in [6.45, 7) is 5.70. The molecule has 158 valence electrons. The normalized spacial score (nSPS) is 15.8. The molecule has 0 fully saturated rings. The third-order valence-corrected chi connectivity index (χ3v) is 5.87. The zero-order valence-electron chi connectivity index (χ0n) is 16.9. The summed E-state index contributed by atoms with van der Waals surface area (Å²) in [5, 5.41) is 6.57. The fourth-order valence-corrected chi connectivity index (χ4v) is 4.28. The van der Waals surface area contributed by atoms with Crippen LogP contribution in [-0.4, -0.2) is 39.8 Å². The highest BCUT2D eigenvalue weighted by Crippen LogP contribution is 2.27. The maximum absolute atomic E-state index is 11.7. The lowest BCUT2D eigenvalue weighted by Gasteiger charge is -2.15. The molecule has 0 saturated carbocycles.